The van der Waals surface area contributed by atoms with Gasteiger partial charge in [-0.25, -0.2) is 0 Å². The van der Waals surface area contributed by atoms with Crippen LogP contribution in [0.25, 0.3) is 0 Å². The third kappa shape index (κ3) is 3.00. The molecule has 0 unspecified atom stereocenters. The molecule has 1 fully saturated rings. The highest BCUT2D eigenvalue weighted by molar-refractivity contribution is 9.10. The van der Waals surface area contributed by atoms with Gasteiger partial charge in [0.1, 0.15) is 5.75 Å². The molecule has 1 aliphatic heterocycles. The number of carbonyl (C=O) groups is 1. The van der Waals surface area contributed by atoms with Crippen molar-refractivity contribution in [3.8, 4) is 5.75 Å². The van der Waals surface area contributed by atoms with Crippen LogP contribution in [-0.4, -0.2) is 29.0 Å². The maximum absolute atomic E-state index is 12.2. The zero-order chi connectivity index (χ0) is 12.3. The van der Waals surface area contributed by atoms with Crippen molar-refractivity contribution in [2.24, 2.45) is 0 Å². The summed E-state index contributed by atoms with van der Waals surface area (Å²) in [5.41, 5.74) is 0.398. The average Bonchev–Trinajstić information content (AvgIpc) is 2.56. The minimum Gasteiger partial charge on any atom is -0.507 e. The number of carbonyl (C=O) groups excluding carboxylic acids is 1. The predicted molar refractivity (Wildman–Crippen MR) is 70.2 cm³/mol. The van der Waals surface area contributed by atoms with Crippen LogP contribution >= 0.6 is 15.9 Å². The molecule has 1 heterocycles. The van der Waals surface area contributed by atoms with Crippen LogP contribution < -0.4 is 0 Å². The summed E-state index contributed by atoms with van der Waals surface area (Å²) in [4.78, 5) is 14.1. The number of nitrogens with zero attached hydrogens (tertiary/aromatic N) is 1. The fourth-order valence-electron chi connectivity index (χ4n) is 2.13. The smallest absolute Gasteiger partial charge is 0.257 e. The fraction of sp³-hybridized carbons (Fsp3) is 0.462. The second-order valence-electron chi connectivity index (χ2n) is 4.37. The topological polar surface area (TPSA) is 40.5 Å². The molecule has 4 heteroatoms. The van der Waals surface area contributed by atoms with E-state index in [-0.39, 0.29) is 11.7 Å². The quantitative estimate of drug-likeness (QED) is 0.865. The van der Waals surface area contributed by atoms with Crippen molar-refractivity contribution in [3.05, 3.63) is 28.2 Å². The van der Waals surface area contributed by atoms with Crippen molar-refractivity contribution in [2.75, 3.05) is 13.1 Å². The van der Waals surface area contributed by atoms with Crippen LogP contribution in [0.15, 0.2) is 22.7 Å². The van der Waals surface area contributed by atoms with Gasteiger partial charge in [0.05, 0.1) is 5.56 Å². The van der Waals surface area contributed by atoms with Crippen LogP contribution in [0.5, 0.6) is 5.75 Å². The monoisotopic (exact) mass is 297 g/mol. The van der Waals surface area contributed by atoms with Crippen molar-refractivity contribution in [3.63, 3.8) is 0 Å². The van der Waals surface area contributed by atoms with Crippen molar-refractivity contribution >= 4 is 21.8 Å². The Morgan fingerprint density at radius 1 is 1.18 bits per heavy atom. The second-order valence-corrected chi connectivity index (χ2v) is 5.28. The molecule has 1 N–H and O–H groups in total. The molecule has 0 atom stereocenters. The van der Waals surface area contributed by atoms with Crippen molar-refractivity contribution < 1.29 is 9.90 Å². The molecule has 3 nitrogen and oxygen atoms in total. The van der Waals surface area contributed by atoms with Gasteiger partial charge in [-0.2, -0.15) is 0 Å². The summed E-state index contributed by atoms with van der Waals surface area (Å²) in [6.07, 6.45) is 4.50. The number of hydrogen-bond donors (Lipinski definition) is 1. The fourth-order valence-corrected chi connectivity index (χ4v) is 2.48. The molecule has 92 valence electrons. The first-order valence-corrected chi connectivity index (χ1v) is 6.75. The van der Waals surface area contributed by atoms with E-state index in [1.54, 1.807) is 18.2 Å². The molecule has 1 aromatic carbocycles. The second kappa shape index (κ2) is 5.54. The van der Waals surface area contributed by atoms with Gasteiger partial charge in [0.15, 0.2) is 0 Å². The number of likely N-dealkylation sites (tertiary alicyclic amines) is 1. The molecule has 1 aliphatic rings. The highest BCUT2D eigenvalue weighted by atomic mass is 79.9. The summed E-state index contributed by atoms with van der Waals surface area (Å²) in [5.74, 6) is -0.00878. The number of rotatable bonds is 1. The van der Waals surface area contributed by atoms with Gasteiger partial charge in [0.2, 0.25) is 0 Å². The number of amides is 1. The molecular weight excluding hydrogens is 282 g/mol. The largest absolute Gasteiger partial charge is 0.507 e. The van der Waals surface area contributed by atoms with Crippen molar-refractivity contribution in [2.45, 2.75) is 25.7 Å². The van der Waals surface area contributed by atoms with Crippen LogP contribution in [0.2, 0.25) is 0 Å². The number of aromatic hydroxyl groups is 1. The molecule has 0 spiro atoms. The summed E-state index contributed by atoms with van der Waals surface area (Å²) in [5, 5.41) is 9.79. The lowest BCUT2D eigenvalue weighted by atomic mass is 10.1. The van der Waals surface area contributed by atoms with Gasteiger partial charge in [-0.05, 0) is 31.0 Å². The molecule has 0 aromatic heterocycles. The van der Waals surface area contributed by atoms with Gasteiger partial charge in [-0.3, -0.25) is 4.79 Å². The Hall–Kier alpha value is -1.03. The Balaban J connectivity index is 2.17. The number of benzene rings is 1. The molecule has 1 saturated heterocycles. The molecule has 0 bridgehead atoms. The van der Waals surface area contributed by atoms with Crippen LogP contribution in [0.3, 0.4) is 0 Å². The normalized spacial score (nSPS) is 16.6. The molecule has 2 rings (SSSR count). The molecule has 0 saturated carbocycles. The van der Waals surface area contributed by atoms with Crippen LogP contribution in [-0.2, 0) is 0 Å². The lowest BCUT2D eigenvalue weighted by Gasteiger charge is -2.20. The zero-order valence-corrected chi connectivity index (χ0v) is 11.2. The highest BCUT2D eigenvalue weighted by Gasteiger charge is 2.19. The highest BCUT2D eigenvalue weighted by Crippen LogP contribution is 2.24. The van der Waals surface area contributed by atoms with Gasteiger partial charge in [-0.1, -0.05) is 28.8 Å². The first-order chi connectivity index (χ1) is 8.18. The molecule has 1 aromatic rings. The third-order valence-corrected chi connectivity index (χ3v) is 3.58. The molecule has 0 aliphatic carbocycles. The van der Waals surface area contributed by atoms with Crippen molar-refractivity contribution in [1.29, 1.82) is 0 Å². The number of phenolic OH excluding ortho intramolecular Hbond substituents is 1. The summed E-state index contributed by atoms with van der Waals surface area (Å²) < 4.78 is 0.780. The molecule has 17 heavy (non-hydrogen) atoms. The number of halogens is 1. The Kier molecular flexibility index (Phi) is 4.05. The summed E-state index contributed by atoms with van der Waals surface area (Å²) in [6.45, 7) is 1.60. The van der Waals surface area contributed by atoms with Crippen LogP contribution in [0.1, 0.15) is 36.0 Å². The lowest BCUT2D eigenvalue weighted by Crippen LogP contribution is -2.31. The van der Waals surface area contributed by atoms with E-state index in [0.29, 0.717) is 5.56 Å². The number of hydrogen-bond acceptors (Lipinski definition) is 2. The maximum atomic E-state index is 12.2. The van der Waals surface area contributed by atoms with E-state index < -0.39 is 0 Å². The Morgan fingerprint density at radius 2 is 1.82 bits per heavy atom. The average molecular weight is 298 g/mol. The van der Waals surface area contributed by atoms with E-state index in [9.17, 15) is 9.90 Å². The Bertz CT molecular complexity index is 412. The summed E-state index contributed by atoms with van der Waals surface area (Å²) in [6, 6.07) is 5.02. The standard InChI is InChI=1S/C13H16BrNO2/c14-10-5-6-11(12(16)9-10)13(17)15-7-3-1-2-4-8-15/h5-6,9,16H,1-4,7-8H2. The van der Waals surface area contributed by atoms with Gasteiger partial charge in [0, 0.05) is 17.6 Å². The zero-order valence-electron chi connectivity index (χ0n) is 9.66. The Morgan fingerprint density at radius 3 is 2.41 bits per heavy atom. The lowest BCUT2D eigenvalue weighted by molar-refractivity contribution is 0.0758. The summed E-state index contributed by atoms with van der Waals surface area (Å²) >= 11 is 3.27. The SMILES string of the molecule is O=C(c1ccc(Br)cc1O)N1CCCCCC1. The van der Waals surface area contributed by atoms with E-state index in [1.165, 1.54) is 12.8 Å². The van der Waals surface area contributed by atoms with E-state index in [4.69, 9.17) is 0 Å². The molecular formula is C13H16BrNO2. The van der Waals surface area contributed by atoms with Gasteiger partial charge in [0.25, 0.3) is 5.91 Å². The van der Waals surface area contributed by atoms with Crippen molar-refractivity contribution in [1.82, 2.24) is 4.90 Å². The van der Waals surface area contributed by atoms with Crippen LogP contribution in [0.4, 0.5) is 0 Å². The first-order valence-electron chi connectivity index (χ1n) is 5.96. The maximum Gasteiger partial charge on any atom is 0.257 e. The summed E-state index contributed by atoms with van der Waals surface area (Å²) in [7, 11) is 0. The van der Waals surface area contributed by atoms with Gasteiger partial charge < -0.3 is 10.0 Å². The van der Waals surface area contributed by atoms with Gasteiger partial charge >= 0.3 is 0 Å². The first kappa shape index (κ1) is 12.4. The Labute approximate surface area is 110 Å². The van der Waals surface area contributed by atoms with Gasteiger partial charge in [-0.15, -0.1) is 0 Å². The predicted octanol–water partition coefficient (Wildman–Crippen LogP) is 3.17. The molecule has 1 amide bonds. The number of phenols is 1. The van der Waals surface area contributed by atoms with E-state index in [0.717, 1.165) is 30.4 Å². The van der Waals surface area contributed by atoms with Crippen LogP contribution in [0, 0.1) is 0 Å². The van der Waals surface area contributed by atoms with E-state index in [2.05, 4.69) is 15.9 Å². The molecule has 0 radical (unpaired) electrons. The minimum atomic E-state index is -0.0584. The third-order valence-electron chi connectivity index (χ3n) is 3.08. The van der Waals surface area contributed by atoms with E-state index >= 15 is 0 Å². The minimum absolute atomic E-state index is 0.0496. The van der Waals surface area contributed by atoms with E-state index in [1.807, 2.05) is 4.90 Å².